The van der Waals surface area contributed by atoms with Crippen molar-refractivity contribution in [2.45, 2.75) is 0 Å². The smallest absolute Gasteiger partial charge is 0.138 e. The summed E-state index contributed by atoms with van der Waals surface area (Å²) < 4.78 is 5.38. The van der Waals surface area contributed by atoms with Crippen LogP contribution in [0, 0.1) is 0 Å². The van der Waals surface area contributed by atoms with Crippen molar-refractivity contribution in [1.82, 2.24) is 0 Å². The van der Waals surface area contributed by atoms with Crippen LogP contribution < -0.4 is 4.74 Å². The zero-order chi connectivity index (χ0) is 10.4. The minimum atomic E-state index is 0.488. The number of benzene rings is 1. The number of thiol groups is 1. The molecular weight excluding hydrogens is 239 g/mol. The van der Waals surface area contributed by atoms with Gasteiger partial charge in [-0.05, 0) is 18.2 Å². The minimum Gasteiger partial charge on any atom is -0.488 e. The lowest BCUT2D eigenvalue weighted by Gasteiger charge is -2.05. The van der Waals surface area contributed by atoms with Crippen LogP contribution in [0.2, 0.25) is 10.0 Å². The lowest BCUT2D eigenvalue weighted by molar-refractivity contribution is 0.363. The molecule has 0 amide bonds. The third-order valence-corrected chi connectivity index (χ3v) is 2.24. The Hall–Kier alpha value is -0.310. The van der Waals surface area contributed by atoms with E-state index in [0.29, 0.717) is 28.2 Å². The summed E-state index contributed by atoms with van der Waals surface area (Å²) in [7, 11) is 0. The second-order valence-electron chi connectivity index (χ2n) is 2.54. The number of hydrogen-bond donors (Lipinski definition) is 1. The van der Waals surface area contributed by atoms with Gasteiger partial charge < -0.3 is 4.74 Å². The zero-order valence-electron chi connectivity index (χ0n) is 7.41. The van der Waals surface area contributed by atoms with Crippen LogP contribution in [0.25, 0.3) is 0 Å². The van der Waals surface area contributed by atoms with Gasteiger partial charge in [0.25, 0.3) is 0 Å². The monoisotopic (exact) mass is 248 g/mol. The molecule has 0 aromatic heterocycles. The fourth-order valence-corrected chi connectivity index (χ4v) is 1.48. The van der Waals surface area contributed by atoms with E-state index >= 15 is 0 Å². The van der Waals surface area contributed by atoms with Crippen LogP contribution in [-0.2, 0) is 0 Å². The Labute approximate surface area is 99.1 Å². The number of rotatable bonds is 4. The maximum Gasteiger partial charge on any atom is 0.138 e. The molecule has 0 N–H and O–H groups in total. The Morgan fingerprint density at radius 1 is 1.29 bits per heavy atom. The first kappa shape index (κ1) is 11.8. The van der Waals surface area contributed by atoms with Gasteiger partial charge in [-0.1, -0.05) is 35.4 Å². The average molecular weight is 249 g/mol. The van der Waals surface area contributed by atoms with Crippen molar-refractivity contribution in [3.8, 4) is 5.75 Å². The summed E-state index contributed by atoms with van der Waals surface area (Å²) in [5.74, 6) is 1.34. The Balaban J connectivity index is 2.55. The highest BCUT2D eigenvalue weighted by molar-refractivity contribution is 7.80. The molecule has 0 saturated heterocycles. The van der Waals surface area contributed by atoms with Crippen LogP contribution in [-0.4, -0.2) is 12.4 Å². The lowest BCUT2D eigenvalue weighted by atomic mass is 10.3. The fourth-order valence-electron chi connectivity index (χ4n) is 0.873. The van der Waals surface area contributed by atoms with Crippen LogP contribution in [0.1, 0.15) is 0 Å². The van der Waals surface area contributed by atoms with Crippen molar-refractivity contribution < 1.29 is 4.74 Å². The Kier molecular flexibility index (Phi) is 5.23. The van der Waals surface area contributed by atoms with E-state index in [0.717, 1.165) is 0 Å². The predicted octanol–water partition coefficient (Wildman–Crippen LogP) is 3.86. The van der Waals surface area contributed by atoms with E-state index in [1.165, 1.54) is 0 Å². The van der Waals surface area contributed by atoms with Gasteiger partial charge in [-0.25, -0.2) is 0 Å². The van der Waals surface area contributed by atoms with Crippen LogP contribution in [0.5, 0.6) is 5.75 Å². The van der Waals surface area contributed by atoms with E-state index in [-0.39, 0.29) is 0 Å². The third kappa shape index (κ3) is 3.82. The molecule has 0 radical (unpaired) electrons. The molecule has 0 unspecified atom stereocenters. The van der Waals surface area contributed by atoms with Gasteiger partial charge in [0, 0.05) is 10.8 Å². The molecule has 1 aromatic rings. The first-order chi connectivity index (χ1) is 6.74. The SMILES string of the molecule is SCC=CCOc1ccc(Cl)cc1Cl. The molecule has 0 saturated carbocycles. The molecule has 0 heterocycles. The fraction of sp³-hybridized carbons (Fsp3) is 0.200. The molecule has 1 aromatic carbocycles. The van der Waals surface area contributed by atoms with Gasteiger partial charge in [0.2, 0.25) is 0 Å². The molecule has 4 heteroatoms. The molecule has 0 aliphatic rings. The summed E-state index contributed by atoms with van der Waals surface area (Å²) in [6, 6.07) is 5.14. The third-order valence-electron chi connectivity index (χ3n) is 1.50. The molecule has 0 spiro atoms. The largest absolute Gasteiger partial charge is 0.488 e. The summed E-state index contributed by atoms with van der Waals surface area (Å²) in [5.41, 5.74) is 0. The van der Waals surface area contributed by atoms with Crippen molar-refractivity contribution in [3.05, 3.63) is 40.4 Å². The minimum absolute atomic E-state index is 0.488. The molecule has 0 atom stereocenters. The molecule has 76 valence electrons. The summed E-state index contributed by atoms with van der Waals surface area (Å²) in [5, 5.41) is 1.13. The first-order valence-corrected chi connectivity index (χ1v) is 5.46. The summed E-state index contributed by atoms with van der Waals surface area (Å²) in [4.78, 5) is 0. The quantitative estimate of drug-likeness (QED) is 0.629. The van der Waals surface area contributed by atoms with Crippen LogP contribution >= 0.6 is 35.8 Å². The van der Waals surface area contributed by atoms with E-state index in [9.17, 15) is 0 Å². The molecule has 0 aliphatic heterocycles. The van der Waals surface area contributed by atoms with Crippen molar-refractivity contribution in [3.63, 3.8) is 0 Å². The maximum absolute atomic E-state index is 5.89. The Morgan fingerprint density at radius 2 is 2.07 bits per heavy atom. The average Bonchev–Trinajstić information content (AvgIpc) is 2.15. The topological polar surface area (TPSA) is 9.23 Å². The summed E-state index contributed by atoms with van der Waals surface area (Å²) in [6.45, 7) is 0.488. The summed E-state index contributed by atoms with van der Waals surface area (Å²) in [6.07, 6.45) is 3.80. The van der Waals surface area contributed by atoms with Crippen molar-refractivity contribution >= 4 is 35.8 Å². The van der Waals surface area contributed by atoms with Gasteiger partial charge in [0.15, 0.2) is 0 Å². The van der Waals surface area contributed by atoms with Crippen molar-refractivity contribution in [1.29, 1.82) is 0 Å². The molecule has 1 nitrogen and oxygen atoms in total. The van der Waals surface area contributed by atoms with Gasteiger partial charge >= 0.3 is 0 Å². The second-order valence-corrected chi connectivity index (χ2v) is 3.75. The number of hydrogen-bond acceptors (Lipinski definition) is 2. The highest BCUT2D eigenvalue weighted by Gasteiger charge is 2.00. The van der Waals surface area contributed by atoms with Crippen LogP contribution in [0.3, 0.4) is 0 Å². The van der Waals surface area contributed by atoms with Crippen molar-refractivity contribution in [2.24, 2.45) is 0 Å². The van der Waals surface area contributed by atoms with E-state index in [2.05, 4.69) is 12.6 Å². The molecule has 0 fully saturated rings. The number of halogens is 2. The molecule has 1 rings (SSSR count). The molecule has 0 aliphatic carbocycles. The van der Waals surface area contributed by atoms with Gasteiger partial charge in [-0.3, -0.25) is 0 Å². The van der Waals surface area contributed by atoms with Crippen LogP contribution in [0.15, 0.2) is 30.4 Å². The van der Waals surface area contributed by atoms with E-state index in [4.69, 9.17) is 27.9 Å². The van der Waals surface area contributed by atoms with Gasteiger partial charge in [0.05, 0.1) is 5.02 Å². The standard InChI is InChI=1S/C10H10Cl2OS/c11-8-3-4-10(9(12)7-8)13-5-1-2-6-14/h1-4,7,14H,5-6H2. The molecule has 0 bridgehead atoms. The molecular formula is C10H10Cl2OS. The van der Waals surface area contributed by atoms with Crippen LogP contribution in [0.4, 0.5) is 0 Å². The van der Waals surface area contributed by atoms with Gasteiger partial charge in [0.1, 0.15) is 12.4 Å². The lowest BCUT2D eigenvalue weighted by Crippen LogP contribution is -1.93. The van der Waals surface area contributed by atoms with E-state index in [1.54, 1.807) is 18.2 Å². The van der Waals surface area contributed by atoms with E-state index < -0.39 is 0 Å². The summed E-state index contributed by atoms with van der Waals surface area (Å²) >= 11 is 15.7. The molecule has 14 heavy (non-hydrogen) atoms. The Morgan fingerprint density at radius 3 is 2.71 bits per heavy atom. The number of ether oxygens (including phenoxy) is 1. The first-order valence-electron chi connectivity index (χ1n) is 4.07. The highest BCUT2D eigenvalue weighted by Crippen LogP contribution is 2.27. The highest BCUT2D eigenvalue weighted by atomic mass is 35.5. The predicted molar refractivity (Wildman–Crippen MR) is 65.0 cm³/mol. The second kappa shape index (κ2) is 6.23. The van der Waals surface area contributed by atoms with Gasteiger partial charge in [-0.2, -0.15) is 12.6 Å². The maximum atomic E-state index is 5.89. The zero-order valence-corrected chi connectivity index (χ0v) is 9.82. The normalized spacial score (nSPS) is 10.8. The van der Waals surface area contributed by atoms with E-state index in [1.807, 2.05) is 12.2 Å². The Bertz CT molecular complexity index is 326. The van der Waals surface area contributed by atoms with Crippen molar-refractivity contribution in [2.75, 3.05) is 12.4 Å². The van der Waals surface area contributed by atoms with Gasteiger partial charge in [-0.15, -0.1) is 0 Å².